The van der Waals surface area contributed by atoms with E-state index in [-0.39, 0.29) is 36.8 Å². The van der Waals surface area contributed by atoms with Gasteiger partial charge < -0.3 is 31.3 Å². The van der Waals surface area contributed by atoms with Gasteiger partial charge in [-0.25, -0.2) is 4.39 Å². The summed E-state index contributed by atoms with van der Waals surface area (Å²) in [7, 11) is 0. The Kier molecular flexibility index (Phi) is 8.17. The number of piperidine rings is 1. The fourth-order valence-corrected chi connectivity index (χ4v) is 10.3. The average Bonchev–Trinajstić information content (AvgIpc) is 3.75. The van der Waals surface area contributed by atoms with Gasteiger partial charge in [-0.1, -0.05) is 0 Å². The Hall–Kier alpha value is -3.70. The Balaban J connectivity index is 1.12. The third-order valence-corrected chi connectivity index (χ3v) is 11.9. The molecule has 0 unspecified atom stereocenters. The summed E-state index contributed by atoms with van der Waals surface area (Å²) in [5, 5.41) is 8.65. The lowest BCUT2D eigenvalue weighted by Gasteiger charge is -2.59. The number of amides is 5. The molecule has 5 aliphatic carbocycles. The van der Waals surface area contributed by atoms with Crippen molar-refractivity contribution in [3.8, 4) is 5.75 Å². The van der Waals surface area contributed by atoms with E-state index in [0.717, 1.165) is 51.4 Å². The maximum Gasteiger partial charge on any atom is 0.258 e. The summed E-state index contributed by atoms with van der Waals surface area (Å²) < 4.78 is 19.0. The van der Waals surface area contributed by atoms with Gasteiger partial charge in [-0.15, -0.1) is 0 Å². The number of nitrogens with two attached hydrogens (primary N) is 1. The van der Waals surface area contributed by atoms with Crippen molar-refractivity contribution in [3.05, 3.63) is 30.1 Å². The molecule has 6 bridgehead atoms. The van der Waals surface area contributed by atoms with Crippen LogP contribution in [0.4, 0.5) is 4.39 Å². The van der Waals surface area contributed by atoms with E-state index in [2.05, 4.69) is 16.0 Å². The number of hydrogen-bond acceptors (Lipinski definition) is 6. The number of fused-ring (bicyclic) bond motifs is 2. The number of benzene rings is 1. The van der Waals surface area contributed by atoms with E-state index in [1.54, 1.807) is 4.90 Å². The van der Waals surface area contributed by atoms with E-state index in [4.69, 9.17) is 10.5 Å². The molecule has 0 spiro atoms. The lowest BCUT2D eigenvalue weighted by Crippen LogP contribution is -2.66. The predicted molar refractivity (Wildman–Crippen MR) is 163 cm³/mol. The summed E-state index contributed by atoms with van der Waals surface area (Å²) in [4.78, 5) is 68.6. The second kappa shape index (κ2) is 12.2. The summed E-state index contributed by atoms with van der Waals surface area (Å²) in [6, 6.07) is 2.66. The van der Waals surface area contributed by atoms with Crippen LogP contribution in [0.2, 0.25) is 0 Å². The number of hydrogen-bond donors (Lipinski definition) is 4. The molecule has 46 heavy (non-hydrogen) atoms. The maximum absolute atomic E-state index is 14.9. The highest BCUT2D eigenvalue weighted by atomic mass is 19.1. The van der Waals surface area contributed by atoms with Gasteiger partial charge in [0.2, 0.25) is 23.6 Å². The normalized spacial score (nSPS) is 35.0. The van der Waals surface area contributed by atoms with Crippen molar-refractivity contribution in [1.29, 1.82) is 0 Å². The number of carbonyl (C=O) groups excluding carboxylic acids is 5. The Labute approximate surface area is 267 Å². The summed E-state index contributed by atoms with van der Waals surface area (Å²) in [5.41, 5.74) is 5.29. The van der Waals surface area contributed by atoms with Crippen LogP contribution in [0.15, 0.2) is 24.3 Å². The van der Waals surface area contributed by atoms with Crippen LogP contribution >= 0.6 is 0 Å². The number of nitrogens with zero attached hydrogens (tertiary/aromatic N) is 1. The molecule has 11 nitrogen and oxygen atoms in total. The molecule has 248 valence electrons. The van der Waals surface area contributed by atoms with E-state index in [1.807, 2.05) is 0 Å². The summed E-state index contributed by atoms with van der Waals surface area (Å²) in [6.45, 7) is 0.191. The molecule has 2 saturated heterocycles. The van der Waals surface area contributed by atoms with Crippen molar-refractivity contribution < 1.29 is 33.1 Å². The monoisotopic (exact) mass is 637 g/mol. The number of halogens is 1. The van der Waals surface area contributed by atoms with Crippen LogP contribution in [0.25, 0.3) is 0 Å². The fourth-order valence-electron chi connectivity index (χ4n) is 10.3. The van der Waals surface area contributed by atoms with Crippen LogP contribution in [0.5, 0.6) is 5.75 Å². The molecule has 0 aromatic heterocycles. The molecule has 5 N–H and O–H groups in total. The van der Waals surface area contributed by atoms with E-state index in [9.17, 15) is 28.4 Å². The first-order valence-corrected chi connectivity index (χ1v) is 17.0. The third kappa shape index (κ3) is 5.83. The van der Waals surface area contributed by atoms with Gasteiger partial charge in [0.15, 0.2) is 6.61 Å². The van der Waals surface area contributed by atoms with Gasteiger partial charge in [-0.3, -0.25) is 24.0 Å². The summed E-state index contributed by atoms with van der Waals surface area (Å²) in [6.07, 6.45) is 9.00. The van der Waals surface area contributed by atoms with Crippen molar-refractivity contribution >= 4 is 29.5 Å². The van der Waals surface area contributed by atoms with Gasteiger partial charge in [-0.2, -0.15) is 0 Å². The number of rotatable bonds is 11. The Bertz CT molecular complexity index is 1370. The van der Waals surface area contributed by atoms with Crippen LogP contribution in [-0.2, 0) is 24.0 Å². The minimum absolute atomic E-state index is 0.0632. The third-order valence-electron chi connectivity index (χ3n) is 11.9. The zero-order chi connectivity index (χ0) is 32.2. The molecule has 12 heteroatoms. The summed E-state index contributed by atoms with van der Waals surface area (Å²) >= 11 is 0. The molecule has 1 aromatic carbocycles. The Morgan fingerprint density at radius 2 is 1.65 bits per heavy atom. The highest BCUT2D eigenvalue weighted by Crippen LogP contribution is 2.61. The smallest absolute Gasteiger partial charge is 0.258 e. The molecular formula is C34H44FN5O6. The molecule has 1 aromatic rings. The minimum Gasteiger partial charge on any atom is -0.484 e. The van der Waals surface area contributed by atoms with Gasteiger partial charge in [0.1, 0.15) is 29.7 Å². The lowest BCUT2D eigenvalue weighted by atomic mass is 9.47. The first-order valence-electron chi connectivity index (χ1n) is 17.0. The molecule has 5 amide bonds. The zero-order valence-electron chi connectivity index (χ0n) is 26.0. The van der Waals surface area contributed by atoms with Crippen molar-refractivity contribution in [2.75, 3.05) is 13.2 Å². The van der Waals surface area contributed by atoms with Gasteiger partial charge >= 0.3 is 0 Å². The standard InChI is InChI=1S/C34H44FN5O6/c35-23-2-5-25(6-3-23)46-17-27(41)39-29(34-14-18-9-19(15-34)11-20(10-18)16-34)33(45)40-24-4-1-21(12-24)28(40)32(44)38-26(30(36)42)13-22-7-8-37-31(22)43/h2-3,5-6,18-22,24,26,28-29H,1,4,7-17H2,(H2,36,42)(H,37,43)(H,38,44)(H,39,41)/t18?,19?,20?,21-,22-,24+,26-,28-,29+,34?/m0/s1. The topological polar surface area (TPSA) is 160 Å². The van der Waals surface area contributed by atoms with Crippen LogP contribution < -0.4 is 26.4 Å². The number of primary amides is 1. The van der Waals surface area contributed by atoms with E-state index < -0.39 is 53.0 Å². The van der Waals surface area contributed by atoms with Gasteiger partial charge in [0.25, 0.3) is 5.91 Å². The Morgan fingerprint density at radius 1 is 0.978 bits per heavy atom. The average molecular weight is 638 g/mol. The number of likely N-dealkylation sites (tertiary alicyclic amines) is 1. The van der Waals surface area contributed by atoms with Gasteiger partial charge in [-0.05, 0) is 119 Å². The van der Waals surface area contributed by atoms with E-state index in [0.29, 0.717) is 42.9 Å². The van der Waals surface area contributed by atoms with Crippen molar-refractivity contribution in [3.63, 3.8) is 0 Å². The first kappa shape index (κ1) is 30.9. The number of ether oxygens (including phenoxy) is 1. The molecular weight excluding hydrogens is 593 g/mol. The van der Waals surface area contributed by atoms with Crippen LogP contribution in [-0.4, -0.2) is 71.8 Å². The number of nitrogens with one attached hydrogen (secondary N) is 3. The number of carbonyl (C=O) groups is 5. The quantitative estimate of drug-likeness (QED) is 0.290. The molecule has 2 heterocycles. The van der Waals surface area contributed by atoms with Crippen LogP contribution in [0.1, 0.15) is 70.6 Å². The van der Waals surface area contributed by atoms with Crippen molar-refractivity contribution in [2.24, 2.45) is 40.7 Å². The zero-order valence-corrected chi connectivity index (χ0v) is 26.0. The molecule has 7 fully saturated rings. The highest BCUT2D eigenvalue weighted by molar-refractivity contribution is 5.96. The fraction of sp³-hybridized carbons (Fsp3) is 0.676. The SMILES string of the molecule is NC(=O)[C@H](C[C@@H]1CCNC1=O)NC(=O)[C@@H]1[C@H]2CC[C@H](C2)N1C(=O)[C@@H](NC(=O)COc1ccc(F)cc1)C12CC3CC(CC(C3)C1)C2. The predicted octanol–water partition coefficient (Wildman–Crippen LogP) is 1.78. The molecule has 7 aliphatic rings. The second-order valence-corrected chi connectivity index (χ2v) is 14.9. The maximum atomic E-state index is 14.9. The molecule has 5 saturated carbocycles. The van der Waals surface area contributed by atoms with E-state index in [1.165, 1.54) is 24.3 Å². The highest BCUT2D eigenvalue weighted by Gasteiger charge is 2.60. The summed E-state index contributed by atoms with van der Waals surface area (Å²) in [5.74, 6) is -0.957. The van der Waals surface area contributed by atoms with Gasteiger partial charge in [0, 0.05) is 23.9 Å². The molecule has 8 rings (SSSR count). The lowest BCUT2D eigenvalue weighted by molar-refractivity contribution is -0.156. The minimum atomic E-state index is -1.03. The van der Waals surface area contributed by atoms with E-state index >= 15 is 0 Å². The van der Waals surface area contributed by atoms with Crippen molar-refractivity contribution in [2.45, 2.75) is 94.8 Å². The largest absolute Gasteiger partial charge is 0.484 e. The Morgan fingerprint density at radius 3 is 2.26 bits per heavy atom. The first-order chi connectivity index (χ1) is 22.1. The van der Waals surface area contributed by atoms with Gasteiger partial charge in [0.05, 0.1) is 0 Å². The van der Waals surface area contributed by atoms with Crippen LogP contribution in [0.3, 0.4) is 0 Å². The molecule has 0 radical (unpaired) electrons. The molecule has 2 aliphatic heterocycles. The van der Waals surface area contributed by atoms with Crippen molar-refractivity contribution in [1.82, 2.24) is 20.9 Å². The second-order valence-electron chi connectivity index (χ2n) is 14.9. The van der Waals surface area contributed by atoms with Crippen LogP contribution in [0, 0.1) is 40.8 Å². The molecule has 6 atom stereocenters.